The summed E-state index contributed by atoms with van der Waals surface area (Å²) >= 11 is 0. The molecule has 0 fully saturated rings. The van der Waals surface area contributed by atoms with Gasteiger partial charge >= 0.3 is 0 Å². The minimum absolute atomic E-state index is 0.0426. The number of unbranched alkanes of at least 4 members (excludes halogenated alkanes) is 4. The van der Waals surface area contributed by atoms with Crippen LogP contribution in [0.5, 0.6) is 5.75 Å². The Morgan fingerprint density at radius 1 is 0.963 bits per heavy atom. The van der Waals surface area contributed by atoms with Crippen molar-refractivity contribution in [3.05, 3.63) is 65.7 Å². The molecule has 0 amide bonds. The molecule has 0 aliphatic rings. The van der Waals surface area contributed by atoms with Gasteiger partial charge in [0.2, 0.25) is 0 Å². The van der Waals surface area contributed by atoms with Crippen LogP contribution in [0.1, 0.15) is 63.5 Å². The van der Waals surface area contributed by atoms with Gasteiger partial charge in [0, 0.05) is 5.92 Å². The predicted molar refractivity (Wildman–Crippen MR) is 113 cm³/mol. The number of nitrogens with two attached hydrogens (primary N) is 1. The third-order valence-corrected chi connectivity index (χ3v) is 5.29. The highest BCUT2D eigenvalue weighted by atomic mass is 16.5. The normalized spacial score (nSPS) is 14.5. The van der Waals surface area contributed by atoms with Gasteiger partial charge < -0.3 is 9.84 Å². The minimum atomic E-state index is -1.30. The van der Waals surface area contributed by atoms with Crippen molar-refractivity contribution in [1.29, 1.82) is 0 Å². The third kappa shape index (κ3) is 7.00. The van der Waals surface area contributed by atoms with Gasteiger partial charge in [0.15, 0.2) is 0 Å². The molecule has 0 saturated heterocycles. The van der Waals surface area contributed by atoms with Gasteiger partial charge in [-0.15, -0.1) is 0 Å². The summed E-state index contributed by atoms with van der Waals surface area (Å²) in [5, 5.41) is 10.7. The van der Waals surface area contributed by atoms with Crippen molar-refractivity contribution in [2.24, 2.45) is 11.7 Å². The van der Waals surface area contributed by atoms with Crippen molar-refractivity contribution in [3.63, 3.8) is 0 Å². The molecule has 2 rings (SSSR count). The monoisotopic (exact) mass is 369 g/mol. The zero-order valence-corrected chi connectivity index (χ0v) is 16.9. The predicted octanol–water partition coefficient (Wildman–Crippen LogP) is 5.41. The van der Waals surface area contributed by atoms with Crippen LogP contribution in [0.15, 0.2) is 54.6 Å². The first-order valence-corrected chi connectivity index (χ1v) is 10.3. The molecule has 0 aliphatic heterocycles. The van der Waals surface area contributed by atoms with Crippen molar-refractivity contribution in [3.8, 4) is 5.75 Å². The lowest BCUT2D eigenvalue weighted by Crippen LogP contribution is -2.43. The van der Waals surface area contributed by atoms with Crippen LogP contribution in [-0.4, -0.2) is 11.7 Å². The summed E-state index contributed by atoms with van der Waals surface area (Å²) in [4.78, 5) is 0. The van der Waals surface area contributed by atoms with Gasteiger partial charge in [-0.05, 0) is 42.5 Å². The van der Waals surface area contributed by atoms with Crippen LogP contribution in [-0.2, 0) is 12.1 Å². The molecular weight excluding hydrogens is 334 g/mol. The van der Waals surface area contributed by atoms with E-state index in [-0.39, 0.29) is 5.92 Å². The third-order valence-electron chi connectivity index (χ3n) is 5.29. The molecule has 2 aromatic rings. The van der Waals surface area contributed by atoms with Gasteiger partial charge in [0.05, 0.1) is 6.61 Å². The SMILES string of the molecule is CCCCCCCOc1ccc(CCC(C)C(N)(O)c2ccccc2)cc1. The van der Waals surface area contributed by atoms with E-state index < -0.39 is 5.72 Å². The smallest absolute Gasteiger partial charge is 0.142 e. The highest BCUT2D eigenvalue weighted by Gasteiger charge is 2.30. The molecule has 148 valence electrons. The lowest BCUT2D eigenvalue weighted by atomic mass is 9.86. The van der Waals surface area contributed by atoms with E-state index in [9.17, 15) is 5.11 Å². The molecule has 0 spiro atoms. The Bertz CT molecular complexity index is 637. The number of hydrogen-bond acceptors (Lipinski definition) is 3. The van der Waals surface area contributed by atoms with Crippen molar-refractivity contribution in [1.82, 2.24) is 0 Å². The second-order valence-electron chi connectivity index (χ2n) is 7.54. The fourth-order valence-corrected chi connectivity index (χ4v) is 3.24. The maximum absolute atomic E-state index is 10.7. The first-order valence-electron chi connectivity index (χ1n) is 10.3. The average molecular weight is 370 g/mol. The van der Waals surface area contributed by atoms with E-state index in [0.29, 0.717) is 0 Å². The van der Waals surface area contributed by atoms with Gasteiger partial charge in [-0.25, -0.2) is 0 Å². The lowest BCUT2D eigenvalue weighted by Gasteiger charge is -2.30. The maximum Gasteiger partial charge on any atom is 0.142 e. The first-order chi connectivity index (χ1) is 13.0. The zero-order valence-electron chi connectivity index (χ0n) is 16.9. The average Bonchev–Trinajstić information content (AvgIpc) is 2.70. The van der Waals surface area contributed by atoms with Gasteiger partial charge in [0.25, 0.3) is 0 Å². The molecule has 0 aliphatic carbocycles. The van der Waals surface area contributed by atoms with Gasteiger partial charge in [0.1, 0.15) is 11.5 Å². The summed E-state index contributed by atoms with van der Waals surface area (Å²) in [5.74, 6) is 0.890. The van der Waals surface area contributed by atoms with Crippen molar-refractivity contribution in [2.45, 2.75) is 64.5 Å². The summed E-state index contributed by atoms with van der Waals surface area (Å²) in [6.45, 7) is 5.02. The lowest BCUT2D eigenvalue weighted by molar-refractivity contribution is -0.0144. The molecule has 0 bridgehead atoms. The molecule has 0 saturated carbocycles. The number of hydrogen-bond donors (Lipinski definition) is 2. The van der Waals surface area contributed by atoms with E-state index in [1.807, 2.05) is 49.4 Å². The highest BCUT2D eigenvalue weighted by Crippen LogP contribution is 2.28. The van der Waals surface area contributed by atoms with Crippen molar-refractivity contribution >= 4 is 0 Å². The number of rotatable bonds is 12. The van der Waals surface area contributed by atoms with Crippen LogP contribution in [0.2, 0.25) is 0 Å². The van der Waals surface area contributed by atoms with E-state index in [4.69, 9.17) is 10.5 Å². The standard InChI is InChI=1S/C24H35NO2/c1-3-4-5-6-10-19-27-23-17-15-21(16-18-23)14-13-20(2)24(25,26)22-11-8-7-9-12-22/h7-9,11-12,15-18,20,26H,3-6,10,13-14,19,25H2,1-2H3. The van der Waals surface area contributed by atoms with Crippen LogP contribution in [0, 0.1) is 5.92 Å². The largest absolute Gasteiger partial charge is 0.494 e. The summed E-state index contributed by atoms with van der Waals surface area (Å²) < 4.78 is 5.82. The Morgan fingerprint density at radius 2 is 1.63 bits per heavy atom. The molecule has 2 aromatic carbocycles. The van der Waals surface area contributed by atoms with Crippen LogP contribution in [0.3, 0.4) is 0 Å². The highest BCUT2D eigenvalue weighted by molar-refractivity contribution is 5.27. The van der Waals surface area contributed by atoms with E-state index in [1.165, 1.54) is 31.2 Å². The fourth-order valence-electron chi connectivity index (χ4n) is 3.24. The molecule has 0 aromatic heterocycles. The molecule has 0 radical (unpaired) electrons. The van der Waals surface area contributed by atoms with E-state index in [0.717, 1.165) is 37.2 Å². The van der Waals surface area contributed by atoms with Crippen molar-refractivity contribution < 1.29 is 9.84 Å². The summed E-state index contributed by atoms with van der Waals surface area (Å²) in [6, 6.07) is 17.8. The van der Waals surface area contributed by atoms with Crippen molar-refractivity contribution in [2.75, 3.05) is 6.61 Å². The number of benzene rings is 2. The Labute approximate surface area is 164 Å². The Hall–Kier alpha value is -1.84. The van der Waals surface area contributed by atoms with E-state index in [1.54, 1.807) is 0 Å². The number of aliphatic hydroxyl groups is 1. The minimum Gasteiger partial charge on any atom is -0.494 e. The molecule has 3 heteroatoms. The first kappa shape index (κ1) is 21.5. The van der Waals surface area contributed by atoms with E-state index in [2.05, 4.69) is 19.1 Å². The maximum atomic E-state index is 10.7. The molecule has 2 unspecified atom stereocenters. The summed E-state index contributed by atoms with van der Waals surface area (Å²) in [5.41, 5.74) is 6.90. The Morgan fingerprint density at radius 3 is 2.30 bits per heavy atom. The van der Waals surface area contributed by atoms with Crippen LogP contribution in [0.4, 0.5) is 0 Å². The second-order valence-corrected chi connectivity index (χ2v) is 7.54. The number of ether oxygens (including phenoxy) is 1. The molecule has 3 nitrogen and oxygen atoms in total. The van der Waals surface area contributed by atoms with E-state index >= 15 is 0 Å². The quantitative estimate of drug-likeness (QED) is 0.388. The molecular formula is C24H35NO2. The Kier molecular flexibility index (Phi) is 8.83. The van der Waals surface area contributed by atoms with Gasteiger partial charge in [-0.3, -0.25) is 5.73 Å². The van der Waals surface area contributed by atoms with Gasteiger partial charge in [-0.2, -0.15) is 0 Å². The second kappa shape index (κ2) is 11.1. The van der Waals surface area contributed by atoms with Gasteiger partial charge in [-0.1, -0.05) is 82.0 Å². The topological polar surface area (TPSA) is 55.5 Å². The number of aryl methyl sites for hydroxylation is 1. The zero-order chi connectivity index (χ0) is 19.5. The molecule has 0 heterocycles. The van der Waals surface area contributed by atoms with Crippen LogP contribution in [0.25, 0.3) is 0 Å². The molecule has 27 heavy (non-hydrogen) atoms. The summed E-state index contributed by atoms with van der Waals surface area (Å²) in [6.07, 6.45) is 7.95. The Balaban J connectivity index is 1.76. The molecule has 3 N–H and O–H groups in total. The van der Waals surface area contributed by atoms with Crippen LogP contribution >= 0.6 is 0 Å². The van der Waals surface area contributed by atoms with Crippen LogP contribution < -0.4 is 10.5 Å². The fraction of sp³-hybridized carbons (Fsp3) is 0.500. The molecule has 2 atom stereocenters. The summed E-state index contributed by atoms with van der Waals surface area (Å²) in [7, 11) is 0.